The predicted molar refractivity (Wildman–Crippen MR) is 70.9 cm³/mol. The zero-order valence-corrected chi connectivity index (χ0v) is 11.0. The normalized spacial score (nSPS) is 41.9. The third kappa shape index (κ3) is 1.94. The fraction of sp³-hybridized carbons (Fsp3) is 0.733. The Hall–Kier alpha value is -0.640. The summed E-state index contributed by atoms with van der Waals surface area (Å²) in [4.78, 5) is 0. The Bertz CT molecular complexity index is 358. The van der Waals surface area contributed by atoms with Crippen LogP contribution in [-0.4, -0.2) is 25.0 Å². The van der Waals surface area contributed by atoms with E-state index in [0.29, 0.717) is 11.8 Å². The fourth-order valence-electron chi connectivity index (χ4n) is 3.77. The van der Waals surface area contributed by atoms with Gasteiger partial charge in [0.25, 0.3) is 0 Å². The molecule has 1 heterocycles. The molecule has 3 heteroatoms. The molecule has 3 nitrogen and oxygen atoms in total. The number of ether oxygens (including phenoxy) is 2. The lowest BCUT2D eigenvalue weighted by Crippen LogP contribution is -2.54. The van der Waals surface area contributed by atoms with E-state index in [1.807, 2.05) is 0 Å². The standard InChI is InChI=1S/C15H23NO2/c1-17-14-12-8-4-3-7-11(12)13(18-14)15(16)9-5-2-6-10-15/h3-4,7-8,11-14H,2,5-6,9-10,16H2,1H3/t11-,12-,13-,14+/m0/s1. The summed E-state index contributed by atoms with van der Waals surface area (Å²) in [6, 6.07) is 0. The van der Waals surface area contributed by atoms with E-state index >= 15 is 0 Å². The van der Waals surface area contributed by atoms with E-state index in [0.717, 1.165) is 12.8 Å². The minimum absolute atomic E-state index is 0.106. The molecular weight excluding hydrogens is 226 g/mol. The van der Waals surface area contributed by atoms with E-state index in [1.165, 1.54) is 19.3 Å². The Kier molecular flexibility index (Phi) is 3.31. The number of hydrogen-bond donors (Lipinski definition) is 1. The quantitative estimate of drug-likeness (QED) is 0.817. The van der Waals surface area contributed by atoms with Gasteiger partial charge in [-0.05, 0) is 12.8 Å². The highest BCUT2D eigenvalue weighted by Gasteiger charge is 2.51. The Morgan fingerprint density at radius 2 is 1.78 bits per heavy atom. The van der Waals surface area contributed by atoms with Crippen LogP contribution in [0.15, 0.2) is 24.3 Å². The van der Waals surface area contributed by atoms with Crippen LogP contribution in [0.4, 0.5) is 0 Å². The lowest BCUT2D eigenvalue weighted by Gasteiger charge is -2.40. The van der Waals surface area contributed by atoms with Gasteiger partial charge in [-0.1, -0.05) is 43.6 Å². The SMILES string of the molecule is CO[C@@H]1O[C@H](C2(N)CCCCC2)[C@H]2C=CC=C[C@H]12. The molecule has 1 aliphatic heterocycles. The molecule has 3 aliphatic rings. The molecule has 0 bridgehead atoms. The highest BCUT2D eigenvalue weighted by Crippen LogP contribution is 2.44. The maximum absolute atomic E-state index is 6.65. The van der Waals surface area contributed by atoms with Gasteiger partial charge in [-0.25, -0.2) is 0 Å². The molecule has 100 valence electrons. The van der Waals surface area contributed by atoms with Crippen molar-refractivity contribution in [2.75, 3.05) is 7.11 Å². The molecule has 2 aliphatic carbocycles. The molecule has 18 heavy (non-hydrogen) atoms. The molecule has 3 rings (SSSR count). The molecule has 1 saturated heterocycles. The number of nitrogens with two attached hydrogens (primary N) is 1. The number of fused-ring (bicyclic) bond motifs is 1. The van der Waals surface area contributed by atoms with E-state index < -0.39 is 0 Å². The smallest absolute Gasteiger partial charge is 0.164 e. The molecule has 0 aromatic heterocycles. The minimum atomic E-state index is -0.163. The van der Waals surface area contributed by atoms with Crippen LogP contribution in [0.25, 0.3) is 0 Å². The maximum Gasteiger partial charge on any atom is 0.164 e. The van der Waals surface area contributed by atoms with E-state index in [9.17, 15) is 0 Å². The highest BCUT2D eigenvalue weighted by molar-refractivity contribution is 5.21. The maximum atomic E-state index is 6.65. The lowest BCUT2D eigenvalue weighted by atomic mass is 9.72. The van der Waals surface area contributed by atoms with E-state index in [4.69, 9.17) is 15.2 Å². The van der Waals surface area contributed by atoms with Crippen LogP contribution < -0.4 is 5.73 Å². The molecule has 0 amide bonds. The molecule has 0 unspecified atom stereocenters. The van der Waals surface area contributed by atoms with Crippen molar-refractivity contribution < 1.29 is 9.47 Å². The van der Waals surface area contributed by atoms with Crippen LogP contribution in [0, 0.1) is 11.8 Å². The third-order valence-electron chi connectivity index (χ3n) is 4.75. The molecule has 2 fully saturated rings. The van der Waals surface area contributed by atoms with Crippen LogP contribution in [0.1, 0.15) is 32.1 Å². The van der Waals surface area contributed by atoms with Crippen molar-refractivity contribution >= 4 is 0 Å². The van der Waals surface area contributed by atoms with E-state index in [2.05, 4.69) is 24.3 Å². The fourth-order valence-corrected chi connectivity index (χ4v) is 3.77. The Morgan fingerprint density at radius 3 is 2.44 bits per heavy atom. The first-order valence-electron chi connectivity index (χ1n) is 7.07. The zero-order valence-electron chi connectivity index (χ0n) is 11.0. The summed E-state index contributed by atoms with van der Waals surface area (Å²) in [5, 5.41) is 0. The van der Waals surface area contributed by atoms with Crippen LogP contribution in [0.3, 0.4) is 0 Å². The first kappa shape index (κ1) is 12.4. The number of methoxy groups -OCH3 is 1. The second-order valence-electron chi connectivity index (χ2n) is 5.88. The van der Waals surface area contributed by atoms with Gasteiger partial charge in [0.05, 0.1) is 6.10 Å². The van der Waals surface area contributed by atoms with Gasteiger partial charge in [0.1, 0.15) is 0 Å². The van der Waals surface area contributed by atoms with Crippen molar-refractivity contribution in [3.8, 4) is 0 Å². The van der Waals surface area contributed by atoms with Crippen molar-refractivity contribution in [1.29, 1.82) is 0 Å². The summed E-state index contributed by atoms with van der Waals surface area (Å²) in [6.07, 6.45) is 14.5. The number of rotatable bonds is 2. The predicted octanol–water partition coefficient (Wildman–Crippen LogP) is 2.38. The van der Waals surface area contributed by atoms with Gasteiger partial charge < -0.3 is 15.2 Å². The molecule has 1 saturated carbocycles. The second-order valence-corrected chi connectivity index (χ2v) is 5.88. The van der Waals surface area contributed by atoms with Gasteiger partial charge in [0, 0.05) is 24.5 Å². The Morgan fingerprint density at radius 1 is 1.11 bits per heavy atom. The van der Waals surface area contributed by atoms with Crippen molar-refractivity contribution in [3.63, 3.8) is 0 Å². The zero-order chi connectivity index (χ0) is 12.6. The summed E-state index contributed by atoms with van der Waals surface area (Å²) in [5.74, 6) is 0.704. The van der Waals surface area contributed by atoms with Crippen LogP contribution in [-0.2, 0) is 9.47 Å². The first-order chi connectivity index (χ1) is 8.74. The lowest BCUT2D eigenvalue weighted by molar-refractivity contribution is -0.142. The van der Waals surface area contributed by atoms with Gasteiger partial charge in [-0.3, -0.25) is 0 Å². The van der Waals surface area contributed by atoms with Crippen molar-refractivity contribution in [1.82, 2.24) is 0 Å². The Balaban J connectivity index is 1.84. The molecule has 4 atom stereocenters. The largest absolute Gasteiger partial charge is 0.355 e. The van der Waals surface area contributed by atoms with Gasteiger partial charge in [0.2, 0.25) is 0 Å². The second kappa shape index (κ2) is 4.80. The highest BCUT2D eigenvalue weighted by atomic mass is 16.7. The van der Waals surface area contributed by atoms with Gasteiger partial charge in [0.15, 0.2) is 6.29 Å². The summed E-state index contributed by atoms with van der Waals surface area (Å²) >= 11 is 0. The van der Waals surface area contributed by atoms with E-state index in [1.54, 1.807) is 7.11 Å². The van der Waals surface area contributed by atoms with Crippen molar-refractivity contribution in [2.45, 2.75) is 50.0 Å². The Labute approximate surface area is 109 Å². The molecule has 2 N–H and O–H groups in total. The number of hydrogen-bond acceptors (Lipinski definition) is 3. The molecular formula is C15H23NO2. The summed E-state index contributed by atoms with van der Waals surface area (Å²) in [7, 11) is 1.72. The van der Waals surface area contributed by atoms with Crippen LogP contribution in [0.2, 0.25) is 0 Å². The van der Waals surface area contributed by atoms with Gasteiger partial charge in [-0.15, -0.1) is 0 Å². The molecule has 0 aromatic carbocycles. The average molecular weight is 249 g/mol. The summed E-state index contributed by atoms with van der Waals surface area (Å²) in [6.45, 7) is 0. The van der Waals surface area contributed by atoms with Crippen molar-refractivity contribution in [3.05, 3.63) is 24.3 Å². The summed E-state index contributed by atoms with van der Waals surface area (Å²) < 4.78 is 11.6. The molecule has 0 spiro atoms. The van der Waals surface area contributed by atoms with Gasteiger partial charge in [-0.2, -0.15) is 0 Å². The van der Waals surface area contributed by atoms with Crippen LogP contribution in [0.5, 0.6) is 0 Å². The minimum Gasteiger partial charge on any atom is -0.355 e. The third-order valence-corrected chi connectivity index (χ3v) is 4.75. The molecule has 0 aromatic rings. The first-order valence-corrected chi connectivity index (χ1v) is 7.07. The topological polar surface area (TPSA) is 44.5 Å². The molecule has 0 radical (unpaired) electrons. The monoisotopic (exact) mass is 249 g/mol. The van der Waals surface area contributed by atoms with Gasteiger partial charge >= 0.3 is 0 Å². The summed E-state index contributed by atoms with van der Waals surface area (Å²) in [5.41, 5.74) is 6.49. The number of allylic oxidation sites excluding steroid dienone is 2. The van der Waals surface area contributed by atoms with E-state index in [-0.39, 0.29) is 17.9 Å². The van der Waals surface area contributed by atoms with Crippen molar-refractivity contribution in [2.24, 2.45) is 17.6 Å². The average Bonchev–Trinajstić information content (AvgIpc) is 2.79. The van der Waals surface area contributed by atoms with Crippen LogP contribution >= 0.6 is 0 Å².